The number of anilines is 2. The Morgan fingerprint density at radius 3 is 2.54 bits per heavy atom. The van der Waals surface area contributed by atoms with E-state index in [4.69, 9.17) is 4.99 Å². The first-order chi connectivity index (χ1) is 16.9. The molecule has 3 atom stereocenters. The van der Waals surface area contributed by atoms with Crippen LogP contribution in [0.2, 0.25) is 0 Å². The quantitative estimate of drug-likeness (QED) is 0.712. The van der Waals surface area contributed by atoms with Crippen LogP contribution in [-0.2, 0) is 4.79 Å². The van der Waals surface area contributed by atoms with E-state index in [0.29, 0.717) is 24.3 Å². The van der Waals surface area contributed by atoms with Gasteiger partial charge in [0, 0.05) is 43.0 Å². The van der Waals surface area contributed by atoms with E-state index in [2.05, 4.69) is 27.5 Å². The molecule has 2 saturated heterocycles. The second kappa shape index (κ2) is 9.70. The third-order valence-corrected chi connectivity index (χ3v) is 7.32. The van der Waals surface area contributed by atoms with Crippen molar-refractivity contribution in [1.29, 1.82) is 0 Å². The molecule has 0 spiro atoms. The number of rotatable bonds is 4. The van der Waals surface area contributed by atoms with E-state index >= 15 is 0 Å². The third kappa shape index (κ3) is 4.62. The van der Waals surface area contributed by atoms with Gasteiger partial charge in [0.1, 0.15) is 5.84 Å². The average molecular weight is 475 g/mol. The van der Waals surface area contributed by atoms with E-state index in [9.17, 15) is 9.59 Å². The first-order valence-electron chi connectivity index (χ1n) is 12.5. The number of nitrogens with one attached hydrogen (secondary N) is 2. The number of nitrogens with zero attached hydrogens (tertiary/aromatic N) is 4. The summed E-state index contributed by atoms with van der Waals surface area (Å²) in [7, 11) is 2.20. The van der Waals surface area contributed by atoms with Crippen molar-refractivity contribution in [3.8, 4) is 0 Å². The lowest BCUT2D eigenvalue weighted by atomic mass is 10.1. The SMILES string of the molecule is CCCN1C(=O)[C@H](NC(=O)Nc2cccc(C)c2)N=C(N2CC3CCC(C2)N3C)c2ccccc21. The molecular weight excluding hydrogens is 440 g/mol. The Hall–Kier alpha value is -3.39. The number of hydrogen-bond acceptors (Lipinski definition) is 5. The molecule has 0 aromatic heterocycles. The normalized spacial score (nSPS) is 24.0. The largest absolute Gasteiger partial charge is 0.353 e. The summed E-state index contributed by atoms with van der Waals surface area (Å²) in [5.74, 6) is 0.573. The summed E-state index contributed by atoms with van der Waals surface area (Å²) in [5.41, 5.74) is 3.52. The molecule has 2 N–H and O–H groups in total. The summed E-state index contributed by atoms with van der Waals surface area (Å²) in [6.07, 6.45) is 2.14. The van der Waals surface area contributed by atoms with Gasteiger partial charge in [-0.15, -0.1) is 0 Å². The monoisotopic (exact) mass is 474 g/mol. The first-order valence-corrected chi connectivity index (χ1v) is 12.5. The van der Waals surface area contributed by atoms with Crippen molar-refractivity contribution in [3.05, 3.63) is 59.7 Å². The molecule has 2 aromatic rings. The van der Waals surface area contributed by atoms with E-state index in [0.717, 1.165) is 42.2 Å². The van der Waals surface area contributed by atoms with E-state index < -0.39 is 12.2 Å². The van der Waals surface area contributed by atoms with Gasteiger partial charge in [0.25, 0.3) is 5.91 Å². The number of amides is 3. The highest BCUT2D eigenvalue weighted by atomic mass is 16.2. The van der Waals surface area contributed by atoms with Gasteiger partial charge in [-0.2, -0.15) is 0 Å². The molecular formula is C27H34N6O2. The number of aliphatic imine (C=N–C) groups is 1. The molecule has 3 aliphatic rings. The van der Waals surface area contributed by atoms with Gasteiger partial charge in [0.05, 0.1) is 5.69 Å². The van der Waals surface area contributed by atoms with Crippen LogP contribution in [0.25, 0.3) is 0 Å². The Labute approximate surface area is 207 Å². The van der Waals surface area contributed by atoms with Gasteiger partial charge in [-0.3, -0.25) is 9.69 Å². The molecule has 2 aromatic carbocycles. The number of urea groups is 1. The van der Waals surface area contributed by atoms with Crippen molar-refractivity contribution in [2.75, 3.05) is 36.9 Å². The highest BCUT2D eigenvalue weighted by molar-refractivity contribution is 6.12. The van der Waals surface area contributed by atoms with Crippen LogP contribution in [-0.4, -0.2) is 72.5 Å². The zero-order valence-corrected chi connectivity index (χ0v) is 20.7. The van der Waals surface area contributed by atoms with Crippen molar-refractivity contribution in [2.45, 2.75) is 51.4 Å². The van der Waals surface area contributed by atoms with Gasteiger partial charge in [-0.05, 0) is 63.1 Å². The molecule has 8 heteroatoms. The van der Waals surface area contributed by atoms with Crippen LogP contribution in [0.1, 0.15) is 37.3 Å². The molecule has 2 unspecified atom stereocenters. The highest BCUT2D eigenvalue weighted by Gasteiger charge is 2.41. The number of carbonyl (C=O) groups excluding carboxylic acids is 2. The lowest BCUT2D eigenvalue weighted by Gasteiger charge is -2.40. The van der Waals surface area contributed by atoms with E-state index in [1.165, 1.54) is 12.8 Å². The topological polar surface area (TPSA) is 80.3 Å². The van der Waals surface area contributed by atoms with Crippen LogP contribution < -0.4 is 15.5 Å². The lowest BCUT2D eigenvalue weighted by Crippen LogP contribution is -2.54. The van der Waals surface area contributed by atoms with Gasteiger partial charge < -0.3 is 20.4 Å². The number of benzene rings is 2. The van der Waals surface area contributed by atoms with Crippen LogP contribution in [0.4, 0.5) is 16.2 Å². The Kier molecular flexibility index (Phi) is 6.47. The Bertz CT molecular complexity index is 1130. The molecule has 8 nitrogen and oxygen atoms in total. The van der Waals surface area contributed by atoms with Crippen molar-refractivity contribution in [1.82, 2.24) is 15.1 Å². The second-order valence-electron chi connectivity index (χ2n) is 9.79. The molecule has 3 amide bonds. The summed E-state index contributed by atoms with van der Waals surface area (Å²) >= 11 is 0. The minimum Gasteiger partial charge on any atom is -0.353 e. The molecule has 35 heavy (non-hydrogen) atoms. The number of likely N-dealkylation sites (N-methyl/N-ethyl adjacent to an activating group) is 1. The molecule has 2 fully saturated rings. The predicted octanol–water partition coefficient (Wildman–Crippen LogP) is 3.42. The molecule has 184 valence electrons. The predicted molar refractivity (Wildman–Crippen MR) is 139 cm³/mol. The molecule has 5 rings (SSSR count). The van der Waals surface area contributed by atoms with Crippen molar-refractivity contribution in [2.24, 2.45) is 4.99 Å². The Balaban J connectivity index is 1.48. The molecule has 0 aliphatic carbocycles. The van der Waals surface area contributed by atoms with Gasteiger partial charge in [-0.25, -0.2) is 9.79 Å². The van der Waals surface area contributed by atoms with Crippen LogP contribution in [0.3, 0.4) is 0 Å². The highest BCUT2D eigenvalue weighted by Crippen LogP contribution is 2.32. The zero-order valence-electron chi connectivity index (χ0n) is 20.7. The van der Waals surface area contributed by atoms with Crippen molar-refractivity contribution >= 4 is 29.1 Å². The smallest absolute Gasteiger partial charge is 0.321 e. The first kappa shape index (κ1) is 23.4. The fraction of sp³-hybridized carbons (Fsp3) is 0.444. The van der Waals surface area contributed by atoms with Crippen molar-refractivity contribution < 1.29 is 9.59 Å². The summed E-state index contributed by atoms with van der Waals surface area (Å²) < 4.78 is 0. The second-order valence-corrected chi connectivity index (χ2v) is 9.79. The molecule has 0 saturated carbocycles. The molecule has 3 aliphatic heterocycles. The zero-order chi connectivity index (χ0) is 24.5. The van der Waals surface area contributed by atoms with Gasteiger partial charge in [-0.1, -0.05) is 31.2 Å². The summed E-state index contributed by atoms with van der Waals surface area (Å²) in [6, 6.07) is 16.1. The fourth-order valence-corrected chi connectivity index (χ4v) is 5.51. The van der Waals surface area contributed by atoms with Gasteiger partial charge in [0.2, 0.25) is 6.17 Å². The molecule has 2 bridgehead atoms. The number of amidine groups is 1. The van der Waals surface area contributed by atoms with Crippen LogP contribution in [0.5, 0.6) is 0 Å². The number of fused-ring (bicyclic) bond motifs is 3. The van der Waals surface area contributed by atoms with Crippen LogP contribution >= 0.6 is 0 Å². The number of hydrogen-bond donors (Lipinski definition) is 2. The fourth-order valence-electron chi connectivity index (χ4n) is 5.51. The standard InChI is InChI=1S/C27H34N6O2/c1-4-14-33-23-11-6-5-10-22(23)25(32-16-20-12-13-21(17-32)31(20)3)29-24(26(33)34)30-27(35)28-19-9-7-8-18(2)15-19/h5-11,15,20-21,24H,4,12-14,16-17H2,1-3H3,(H2,28,30,35)/t20?,21?,24-/m0/s1. The lowest BCUT2D eigenvalue weighted by molar-refractivity contribution is -0.120. The van der Waals surface area contributed by atoms with E-state index in [1.54, 1.807) is 4.90 Å². The van der Waals surface area contributed by atoms with Crippen molar-refractivity contribution in [3.63, 3.8) is 0 Å². The van der Waals surface area contributed by atoms with E-state index in [1.807, 2.05) is 62.4 Å². The minimum absolute atomic E-state index is 0.217. The Morgan fingerprint density at radius 1 is 1.09 bits per heavy atom. The maximum atomic E-state index is 13.7. The average Bonchev–Trinajstić information content (AvgIpc) is 2.99. The van der Waals surface area contributed by atoms with Gasteiger partial charge in [0.15, 0.2) is 0 Å². The van der Waals surface area contributed by atoms with Gasteiger partial charge >= 0.3 is 6.03 Å². The third-order valence-electron chi connectivity index (χ3n) is 7.32. The number of carbonyl (C=O) groups is 2. The maximum Gasteiger partial charge on any atom is 0.321 e. The Morgan fingerprint density at radius 2 is 1.83 bits per heavy atom. The maximum absolute atomic E-state index is 13.7. The number of piperazine rings is 1. The van der Waals surface area contributed by atoms with E-state index in [-0.39, 0.29) is 5.91 Å². The summed E-state index contributed by atoms with van der Waals surface area (Å²) in [4.78, 5) is 38.2. The number of likely N-dealkylation sites (tertiary alicyclic amines) is 1. The number of aryl methyl sites for hydroxylation is 1. The number of benzodiazepines with no additional fused rings is 1. The van der Waals surface area contributed by atoms with Crippen LogP contribution in [0, 0.1) is 6.92 Å². The summed E-state index contributed by atoms with van der Waals surface area (Å²) in [5, 5.41) is 5.70. The molecule has 0 radical (unpaired) electrons. The minimum atomic E-state index is -1.01. The summed E-state index contributed by atoms with van der Waals surface area (Å²) in [6.45, 7) is 6.31. The molecule has 3 heterocycles. The number of para-hydroxylation sites is 1. The van der Waals surface area contributed by atoms with Crippen LogP contribution in [0.15, 0.2) is 53.5 Å².